The highest BCUT2D eigenvalue weighted by atomic mass is 16.6. The molecule has 5 fully saturated rings. The number of carbonyl (C=O) groups excluding carboxylic acids is 1. The highest BCUT2D eigenvalue weighted by Gasteiger charge is 2.69. The Bertz CT molecular complexity index is 847. The number of aliphatic hydroxyl groups excluding tert-OH is 5. The minimum absolute atomic E-state index is 0.0113. The van der Waals surface area contributed by atoms with Gasteiger partial charge in [0, 0.05) is 30.6 Å². The summed E-state index contributed by atoms with van der Waals surface area (Å²) in [5.74, 6) is -0.0824. The summed E-state index contributed by atoms with van der Waals surface area (Å²) in [4.78, 5) is 13.8. The van der Waals surface area contributed by atoms with Crippen LogP contribution in [-0.2, 0) is 9.53 Å². The lowest BCUT2D eigenvalue weighted by Crippen LogP contribution is -2.68. The molecule has 0 spiro atoms. The van der Waals surface area contributed by atoms with Gasteiger partial charge in [0.15, 0.2) is 6.29 Å². The van der Waals surface area contributed by atoms with Crippen molar-refractivity contribution >= 4 is 5.78 Å². The van der Waals surface area contributed by atoms with Gasteiger partial charge in [-0.2, -0.15) is 0 Å². The van der Waals surface area contributed by atoms with E-state index in [9.17, 15) is 30.3 Å². The third-order valence-electron chi connectivity index (χ3n) is 12.2. The smallest absolute Gasteiger partial charge is 0.155 e. The first-order chi connectivity index (χ1) is 16.8. The van der Waals surface area contributed by atoms with E-state index in [1.165, 1.54) is 0 Å². The van der Waals surface area contributed by atoms with E-state index in [0.717, 1.165) is 19.3 Å². The number of hydrogen-bond acceptors (Lipinski definition) is 7. The summed E-state index contributed by atoms with van der Waals surface area (Å²) in [7, 11) is 0. The maximum absolute atomic E-state index is 13.8. The molecule has 0 aromatic rings. The molecule has 5 N–H and O–H groups in total. The third-order valence-corrected chi connectivity index (χ3v) is 12.2. The van der Waals surface area contributed by atoms with Gasteiger partial charge in [0.2, 0.25) is 0 Å². The zero-order chi connectivity index (χ0) is 26.3. The second-order valence-corrected chi connectivity index (χ2v) is 14.1. The van der Waals surface area contributed by atoms with Crippen LogP contribution in [0.5, 0.6) is 0 Å². The van der Waals surface area contributed by atoms with E-state index in [1.807, 2.05) is 0 Å². The molecule has 5 rings (SSSR count). The lowest BCUT2D eigenvalue weighted by atomic mass is 9.42. The number of hydrogen-bond donors (Lipinski definition) is 5. The normalized spacial score (nSPS) is 56.1. The zero-order valence-electron chi connectivity index (χ0n) is 22.6. The summed E-state index contributed by atoms with van der Waals surface area (Å²) in [5, 5.41) is 54.3. The highest BCUT2D eigenvalue weighted by molar-refractivity contribution is 5.85. The molecule has 0 bridgehead atoms. The first-order valence-corrected chi connectivity index (χ1v) is 14.4. The SMILES string of the molecule is CC(C)[C@H]1CC(O)O[C@@H]([C@@H](C)[C@H]2CC(=O)[C@@H]3[C@@H]4[C@@H](O)[C@H](O)[C@H]5[C@@H](O)[C@H](O)CC[C@]5(C)[C@H]4CC[C@]23C)C1. The topological polar surface area (TPSA) is 127 Å². The number of rotatable bonds is 3. The minimum Gasteiger partial charge on any atom is -0.390 e. The van der Waals surface area contributed by atoms with E-state index in [4.69, 9.17) is 4.74 Å². The van der Waals surface area contributed by atoms with Crippen LogP contribution in [-0.4, -0.2) is 68.1 Å². The molecule has 1 heterocycles. The molecule has 1 unspecified atom stereocenters. The van der Waals surface area contributed by atoms with Crippen LogP contribution < -0.4 is 0 Å². The molecule has 7 nitrogen and oxygen atoms in total. The first-order valence-electron chi connectivity index (χ1n) is 14.4. The average Bonchev–Trinajstić information content (AvgIpc) is 3.09. The van der Waals surface area contributed by atoms with Crippen molar-refractivity contribution in [3.8, 4) is 0 Å². The van der Waals surface area contributed by atoms with Gasteiger partial charge >= 0.3 is 0 Å². The Hall–Kier alpha value is -0.570. The van der Waals surface area contributed by atoms with Crippen molar-refractivity contribution in [1.82, 2.24) is 0 Å². The van der Waals surface area contributed by atoms with Crippen LogP contribution >= 0.6 is 0 Å². The van der Waals surface area contributed by atoms with Gasteiger partial charge in [0.25, 0.3) is 0 Å². The first kappa shape index (κ1) is 27.0. The molecule has 15 atom stereocenters. The summed E-state index contributed by atoms with van der Waals surface area (Å²) in [5.41, 5.74) is -0.748. The van der Waals surface area contributed by atoms with Crippen molar-refractivity contribution in [2.75, 3.05) is 0 Å². The number of aliphatic hydroxyl groups is 5. The molecular formula is C29H48O7. The standard InChI is InChI=1S/C29H48O7/c1-13(2)15-10-20(36-21(32)11-15)14(3)17-12-19(31)23-22-16(6-8-29(17,23)5)28(4)9-7-18(30)25(33)24(28)27(35)26(22)34/h13-18,20-27,30,32-35H,6-12H2,1-5H3/t14-,15+,16-,17+,18+,20+,21?,22+,23+,24+,25-,26+,27+,28+,29+/m0/s1. The van der Waals surface area contributed by atoms with Gasteiger partial charge in [-0.15, -0.1) is 0 Å². The summed E-state index contributed by atoms with van der Waals surface area (Å²) < 4.78 is 6.06. The largest absolute Gasteiger partial charge is 0.390 e. The molecule has 1 aliphatic heterocycles. The van der Waals surface area contributed by atoms with Crippen LogP contribution in [0.3, 0.4) is 0 Å². The number of ketones is 1. The van der Waals surface area contributed by atoms with E-state index in [0.29, 0.717) is 37.5 Å². The number of fused-ring (bicyclic) bond motifs is 5. The highest BCUT2D eigenvalue weighted by Crippen LogP contribution is 2.67. The van der Waals surface area contributed by atoms with Gasteiger partial charge < -0.3 is 30.3 Å². The number of Topliss-reactive ketones (excluding diaryl/α,β-unsaturated/α-hetero) is 1. The Morgan fingerprint density at radius 2 is 1.56 bits per heavy atom. The van der Waals surface area contributed by atoms with E-state index >= 15 is 0 Å². The van der Waals surface area contributed by atoms with Crippen molar-refractivity contribution in [3.05, 3.63) is 0 Å². The Morgan fingerprint density at radius 1 is 0.889 bits per heavy atom. The van der Waals surface area contributed by atoms with E-state index in [1.54, 1.807) is 0 Å². The summed E-state index contributed by atoms with van der Waals surface area (Å²) in [6.45, 7) is 10.8. The maximum Gasteiger partial charge on any atom is 0.155 e. The molecule has 0 aromatic carbocycles. The van der Waals surface area contributed by atoms with E-state index < -0.39 is 42.0 Å². The van der Waals surface area contributed by atoms with Crippen LogP contribution in [0.25, 0.3) is 0 Å². The van der Waals surface area contributed by atoms with Gasteiger partial charge in [0.1, 0.15) is 5.78 Å². The molecule has 0 radical (unpaired) electrons. The van der Waals surface area contributed by atoms with Crippen molar-refractivity contribution < 1.29 is 35.1 Å². The summed E-state index contributed by atoms with van der Waals surface area (Å²) in [6.07, 6.45) is -0.315. The summed E-state index contributed by atoms with van der Waals surface area (Å²) in [6, 6.07) is 0. The fraction of sp³-hybridized carbons (Fsp3) is 0.966. The molecule has 4 aliphatic carbocycles. The summed E-state index contributed by atoms with van der Waals surface area (Å²) >= 11 is 0. The fourth-order valence-corrected chi connectivity index (χ4v) is 10.1. The molecule has 5 aliphatic rings. The van der Waals surface area contributed by atoms with Gasteiger partial charge in [-0.05, 0) is 72.5 Å². The van der Waals surface area contributed by atoms with Crippen molar-refractivity contribution in [2.45, 2.75) is 116 Å². The minimum atomic E-state index is -1.17. The molecular weight excluding hydrogens is 460 g/mol. The van der Waals surface area contributed by atoms with Crippen LogP contribution in [0, 0.1) is 58.2 Å². The lowest BCUT2D eigenvalue weighted by molar-refractivity contribution is -0.251. The van der Waals surface area contributed by atoms with Crippen molar-refractivity contribution in [1.29, 1.82) is 0 Å². The monoisotopic (exact) mass is 508 g/mol. The predicted molar refractivity (Wildman–Crippen MR) is 133 cm³/mol. The van der Waals surface area contributed by atoms with Crippen LogP contribution in [0.2, 0.25) is 0 Å². The molecule has 36 heavy (non-hydrogen) atoms. The fourth-order valence-electron chi connectivity index (χ4n) is 10.1. The second kappa shape index (κ2) is 9.27. The Balaban J connectivity index is 1.44. The van der Waals surface area contributed by atoms with Crippen molar-refractivity contribution in [3.63, 3.8) is 0 Å². The second-order valence-electron chi connectivity index (χ2n) is 14.1. The molecule has 7 heteroatoms. The van der Waals surface area contributed by atoms with Gasteiger partial charge in [0.05, 0.1) is 30.5 Å². The van der Waals surface area contributed by atoms with E-state index in [2.05, 4.69) is 34.6 Å². The maximum atomic E-state index is 13.8. The lowest BCUT2D eigenvalue weighted by Gasteiger charge is -2.64. The molecule has 0 aromatic heterocycles. The van der Waals surface area contributed by atoms with E-state index in [-0.39, 0.29) is 46.9 Å². The van der Waals surface area contributed by atoms with Crippen LogP contribution in [0.1, 0.15) is 79.6 Å². The Morgan fingerprint density at radius 3 is 2.22 bits per heavy atom. The Kier molecular flexibility index (Phi) is 6.96. The van der Waals surface area contributed by atoms with Gasteiger partial charge in [-0.3, -0.25) is 4.79 Å². The van der Waals surface area contributed by atoms with Gasteiger partial charge in [-0.25, -0.2) is 0 Å². The predicted octanol–water partition coefficient (Wildman–Crippen LogP) is 2.50. The van der Waals surface area contributed by atoms with Crippen LogP contribution in [0.4, 0.5) is 0 Å². The Labute approximate surface area is 215 Å². The van der Waals surface area contributed by atoms with Crippen molar-refractivity contribution in [2.24, 2.45) is 58.2 Å². The van der Waals surface area contributed by atoms with Gasteiger partial charge in [-0.1, -0.05) is 34.6 Å². The molecule has 1 saturated heterocycles. The zero-order valence-corrected chi connectivity index (χ0v) is 22.6. The number of ether oxygens (including phenoxy) is 1. The molecule has 0 amide bonds. The average molecular weight is 509 g/mol. The quantitative estimate of drug-likeness (QED) is 0.396. The number of carbonyl (C=O) groups is 1. The third kappa shape index (κ3) is 3.86. The molecule has 206 valence electrons. The van der Waals surface area contributed by atoms with Crippen LogP contribution in [0.15, 0.2) is 0 Å². The molecule has 4 saturated carbocycles.